The number of sulfonamides is 1. The van der Waals surface area contributed by atoms with Gasteiger partial charge in [0.1, 0.15) is 0 Å². The van der Waals surface area contributed by atoms with Gasteiger partial charge >= 0.3 is 0 Å². The summed E-state index contributed by atoms with van der Waals surface area (Å²) in [6.07, 6.45) is 1.94. The molecule has 1 aromatic carbocycles. The van der Waals surface area contributed by atoms with Crippen LogP contribution in [0.5, 0.6) is 0 Å². The van der Waals surface area contributed by atoms with Gasteiger partial charge in [-0.2, -0.15) is 0 Å². The molecule has 19 heavy (non-hydrogen) atoms. The standard InChI is InChI=1S/C12H17BrN2O3S/c1-19(17,18)15-9-7-12(16)14-8-6-10-4-2-3-5-11(10)13/h2-5,15H,6-9H2,1H3,(H,14,16). The van der Waals surface area contributed by atoms with Crippen molar-refractivity contribution in [3.8, 4) is 0 Å². The molecule has 0 fully saturated rings. The van der Waals surface area contributed by atoms with Crippen LogP contribution in [0.15, 0.2) is 28.7 Å². The van der Waals surface area contributed by atoms with Crippen molar-refractivity contribution in [3.63, 3.8) is 0 Å². The van der Waals surface area contributed by atoms with E-state index in [1.54, 1.807) is 0 Å². The van der Waals surface area contributed by atoms with Crippen molar-refractivity contribution < 1.29 is 13.2 Å². The van der Waals surface area contributed by atoms with Crippen LogP contribution in [-0.2, 0) is 21.2 Å². The average Bonchev–Trinajstić information content (AvgIpc) is 2.30. The highest BCUT2D eigenvalue weighted by Gasteiger charge is 2.05. The molecule has 0 aliphatic heterocycles. The molecule has 0 aromatic heterocycles. The molecule has 0 heterocycles. The SMILES string of the molecule is CS(=O)(=O)NCCC(=O)NCCc1ccccc1Br. The van der Waals surface area contributed by atoms with Gasteiger partial charge in [0.05, 0.1) is 6.26 Å². The molecule has 0 unspecified atom stereocenters. The first-order valence-electron chi connectivity index (χ1n) is 5.83. The van der Waals surface area contributed by atoms with Gasteiger partial charge in [-0.1, -0.05) is 34.1 Å². The zero-order valence-electron chi connectivity index (χ0n) is 10.6. The normalized spacial score (nSPS) is 11.3. The number of rotatable bonds is 7. The molecule has 0 saturated carbocycles. The van der Waals surface area contributed by atoms with E-state index < -0.39 is 10.0 Å². The molecule has 5 nitrogen and oxygen atoms in total. The smallest absolute Gasteiger partial charge is 0.221 e. The summed E-state index contributed by atoms with van der Waals surface area (Å²) in [6.45, 7) is 0.653. The maximum atomic E-state index is 11.4. The van der Waals surface area contributed by atoms with Gasteiger partial charge in [-0.15, -0.1) is 0 Å². The summed E-state index contributed by atoms with van der Waals surface area (Å²) in [5.41, 5.74) is 1.12. The lowest BCUT2D eigenvalue weighted by Gasteiger charge is -2.07. The Hall–Kier alpha value is -0.920. The maximum Gasteiger partial charge on any atom is 0.221 e. The first-order chi connectivity index (χ1) is 8.88. The van der Waals surface area contributed by atoms with Gasteiger partial charge in [0.2, 0.25) is 15.9 Å². The van der Waals surface area contributed by atoms with E-state index in [2.05, 4.69) is 26.0 Å². The van der Waals surface area contributed by atoms with E-state index in [4.69, 9.17) is 0 Å². The number of carbonyl (C=O) groups is 1. The lowest BCUT2D eigenvalue weighted by Crippen LogP contribution is -2.31. The third-order valence-electron chi connectivity index (χ3n) is 2.39. The molecule has 7 heteroatoms. The lowest BCUT2D eigenvalue weighted by atomic mass is 10.1. The molecule has 1 amide bonds. The van der Waals surface area contributed by atoms with E-state index in [9.17, 15) is 13.2 Å². The van der Waals surface area contributed by atoms with E-state index in [-0.39, 0.29) is 18.9 Å². The van der Waals surface area contributed by atoms with E-state index in [0.717, 1.165) is 22.7 Å². The van der Waals surface area contributed by atoms with Crippen LogP contribution in [0.2, 0.25) is 0 Å². The van der Waals surface area contributed by atoms with Crippen LogP contribution < -0.4 is 10.0 Å². The number of hydrogen-bond acceptors (Lipinski definition) is 3. The second-order valence-corrected chi connectivity index (χ2v) is 6.80. The average molecular weight is 349 g/mol. The van der Waals surface area contributed by atoms with E-state index in [1.807, 2.05) is 24.3 Å². The van der Waals surface area contributed by atoms with Gasteiger partial charge in [0.15, 0.2) is 0 Å². The third kappa shape index (κ3) is 7.29. The van der Waals surface area contributed by atoms with Gasteiger partial charge in [-0.05, 0) is 18.1 Å². The molecule has 106 valence electrons. The summed E-state index contributed by atoms with van der Waals surface area (Å²) in [7, 11) is -3.23. The fourth-order valence-electron chi connectivity index (χ4n) is 1.48. The second-order valence-electron chi connectivity index (χ2n) is 4.11. The van der Waals surface area contributed by atoms with Crippen LogP contribution in [-0.4, -0.2) is 33.7 Å². The van der Waals surface area contributed by atoms with Crippen LogP contribution >= 0.6 is 15.9 Å². The molecule has 0 radical (unpaired) electrons. The number of amides is 1. The molecular formula is C12H17BrN2O3S. The molecule has 1 rings (SSSR count). The van der Waals surface area contributed by atoms with E-state index >= 15 is 0 Å². The van der Waals surface area contributed by atoms with Gasteiger partial charge in [-0.25, -0.2) is 13.1 Å². The Morgan fingerprint density at radius 3 is 2.58 bits per heavy atom. The van der Waals surface area contributed by atoms with Crippen molar-refractivity contribution in [1.82, 2.24) is 10.0 Å². The summed E-state index contributed by atoms with van der Waals surface area (Å²) in [5, 5.41) is 2.75. The monoisotopic (exact) mass is 348 g/mol. The Morgan fingerprint density at radius 2 is 1.95 bits per heavy atom. The minimum absolute atomic E-state index is 0.125. The van der Waals surface area contributed by atoms with Crippen molar-refractivity contribution in [2.45, 2.75) is 12.8 Å². The van der Waals surface area contributed by atoms with Crippen molar-refractivity contribution in [2.24, 2.45) is 0 Å². The van der Waals surface area contributed by atoms with Crippen LogP contribution in [0.4, 0.5) is 0 Å². The minimum Gasteiger partial charge on any atom is -0.356 e. The maximum absolute atomic E-state index is 11.4. The zero-order valence-corrected chi connectivity index (χ0v) is 13.1. The molecule has 2 N–H and O–H groups in total. The van der Waals surface area contributed by atoms with Crippen molar-refractivity contribution >= 4 is 31.9 Å². The fraction of sp³-hybridized carbons (Fsp3) is 0.417. The summed E-state index contributed by atoms with van der Waals surface area (Å²) >= 11 is 3.44. The van der Waals surface area contributed by atoms with Crippen LogP contribution in [0.25, 0.3) is 0 Å². The topological polar surface area (TPSA) is 75.3 Å². The molecule has 0 aliphatic rings. The zero-order chi connectivity index (χ0) is 14.3. The van der Waals surface area contributed by atoms with Gasteiger partial charge < -0.3 is 5.32 Å². The molecule has 0 bridgehead atoms. The minimum atomic E-state index is -3.23. The molecule has 0 spiro atoms. The predicted octanol–water partition coefficient (Wildman–Crippen LogP) is 1.05. The first kappa shape index (κ1) is 16.1. The highest BCUT2D eigenvalue weighted by Crippen LogP contribution is 2.15. The summed E-state index contributed by atoms with van der Waals surface area (Å²) < 4.78 is 24.9. The number of hydrogen-bond donors (Lipinski definition) is 2. The Labute approximate surface area is 122 Å². The molecule has 0 saturated heterocycles. The van der Waals surface area contributed by atoms with Crippen molar-refractivity contribution in [1.29, 1.82) is 0 Å². The molecule has 0 aliphatic carbocycles. The van der Waals surface area contributed by atoms with Crippen LogP contribution in [0.3, 0.4) is 0 Å². The molecular weight excluding hydrogens is 332 g/mol. The number of benzene rings is 1. The Bertz CT molecular complexity index is 532. The number of carbonyl (C=O) groups excluding carboxylic acids is 1. The van der Waals surface area contributed by atoms with E-state index in [1.165, 1.54) is 0 Å². The van der Waals surface area contributed by atoms with Crippen molar-refractivity contribution in [3.05, 3.63) is 34.3 Å². The highest BCUT2D eigenvalue weighted by molar-refractivity contribution is 9.10. The van der Waals surface area contributed by atoms with Crippen LogP contribution in [0, 0.1) is 0 Å². The van der Waals surface area contributed by atoms with E-state index in [0.29, 0.717) is 6.54 Å². The van der Waals surface area contributed by atoms with Crippen molar-refractivity contribution in [2.75, 3.05) is 19.3 Å². The Morgan fingerprint density at radius 1 is 1.26 bits per heavy atom. The third-order valence-corrected chi connectivity index (χ3v) is 3.89. The molecule has 0 atom stereocenters. The fourth-order valence-corrected chi connectivity index (χ4v) is 2.43. The summed E-state index contributed by atoms with van der Waals surface area (Å²) in [6, 6.07) is 7.82. The van der Waals surface area contributed by atoms with Gasteiger partial charge in [-0.3, -0.25) is 4.79 Å². The van der Waals surface area contributed by atoms with Gasteiger partial charge in [0, 0.05) is 24.0 Å². The Kier molecular flexibility index (Phi) is 6.47. The first-order valence-corrected chi connectivity index (χ1v) is 8.51. The van der Waals surface area contributed by atoms with Crippen LogP contribution in [0.1, 0.15) is 12.0 Å². The summed E-state index contributed by atoms with van der Waals surface area (Å²) in [5.74, 6) is -0.164. The number of nitrogens with one attached hydrogen (secondary N) is 2. The summed E-state index contributed by atoms with van der Waals surface area (Å²) in [4.78, 5) is 11.4. The second kappa shape index (κ2) is 7.62. The molecule has 1 aromatic rings. The Balaban J connectivity index is 2.23. The van der Waals surface area contributed by atoms with Gasteiger partial charge in [0.25, 0.3) is 0 Å². The number of halogens is 1. The quantitative estimate of drug-likeness (QED) is 0.773. The largest absolute Gasteiger partial charge is 0.356 e. The lowest BCUT2D eigenvalue weighted by molar-refractivity contribution is -0.120. The highest BCUT2D eigenvalue weighted by atomic mass is 79.9. The predicted molar refractivity (Wildman–Crippen MR) is 78.3 cm³/mol.